The Kier molecular flexibility index (Phi) is 7.30. The summed E-state index contributed by atoms with van der Waals surface area (Å²) in [5, 5.41) is 27.1. The molecule has 0 aromatic carbocycles. The molecule has 2 aliphatic rings. The van der Waals surface area contributed by atoms with E-state index in [0.29, 0.717) is 50.3 Å². The minimum absolute atomic E-state index is 0.0225. The predicted octanol–water partition coefficient (Wildman–Crippen LogP) is 2.35. The molecule has 43 heavy (non-hydrogen) atoms. The number of nitrogens with one attached hydrogen (secondary N) is 1. The molecule has 1 aliphatic heterocycles. The number of rotatable bonds is 8. The Morgan fingerprint density at radius 2 is 1.86 bits per heavy atom. The maximum absolute atomic E-state index is 13.9. The van der Waals surface area contributed by atoms with Gasteiger partial charge in [0.2, 0.25) is 17.6 Å². The van der Waals surface area contributed by atoms with Crippen molar-refractivity contribution in [2.45, 2.75) is 58.8 Å². The van der Waals surface area contributed by atoms with Gasteiger partial charge in [-0.3, -0.25) is 24.0 Å². The van der Waals surface area contributed by atoms with Crippen LogP contribution in [-0.4, -0.2) is 81.1 Å². The van der Waals surface area contributed by atoms with E-state index < -0.39 is 24.3 Å². The van der Waals surface area contributed by atoms with Crippen LogP contribution in [0.15, 0.2) is 35.2 Å². The SMILES string of the molecule is Cc1ncc(-c2cc3c(C(=O)CO)nn(CC(=O)N4[C@H](C(=O)Nc5nc(Br)ccc5CO)C[C@@]5(C)C[C@@H]45)c3c(C)n2)cn1. The number of aliphatic hydroxyl groups excluding tert-OH is 2. The van der Waals surface area contributed by atoms with Crippen molar-refractivity contribution in [3.8, 4) is 11.3 Å². The third-order valence-corrected chi connectivity index (χ3v) is 8.69. The van der Waals surface area contributed by atoms with Crippen LogP contribution >= 0.6 is 15.9 Å². The Morgan fingerprint density at radius 3 is 2.56 bits per heavy atom. The molecule has 3 N–H and O–H groups in total. The number of ketones is 1. The normalized spacial score (nSPS) is 20.7. The number of likely N-dealkylation sites (tertiary alicyclic amines) is 1. The van der Waals surface area contributed by atoms with Crippen LogP contribution in [0.2, 0.25) is 0 Å². The van der Waals surface area contributed by atoms with Crippen molar-refractivity contribution in [3.63, 3.8) is 0 Å². The average molecular weight is 650 g/mol. The number of carbonyl (C=O) groups is 3. The first-order valence-electron chi connectivity index (χ1n) is 13.7. The molecule has 1 saturated heterocycles. The van der Waals surface area contributed by atoms with E-state index in [2.05, 4.69) is 46.3 Å². The molecular formula is C29H29BrN8O5. The molecular weight excluding hydrogens is 620 g/mol. The number of anilines is 1. The van der Waals surface area contributed by atoms with Crippen molar-refractivity contribution in [3.05, 3.63) is 58.0 Å². The fourth-order valence-electron chi connectivity index (χ4n) is 5.93. The van der Waals surface area contributed by atoms with Gasteiger partial charge in [0.05, 0.1) is 23.5 Å². The smallest absolute Gasteiger partial charge is 0.248 e. The monoisotopic (exact) mass is 648 g/mol. The van der Waals surface area contributed by atoms with E-state index >= 15 is 0 Å². The van der Waals surface area contributed by atoms with Crippen molar-refractivity contribution >= 4 is 50.2 Å². The minimum Gasteiger partial charge on any atom is -0.392 e. The molecule has 2 fully saturated rings. The summed E-state index contributed by atoms with van der Waals surface area (Å²) >= 11 is 3.29. The highest BCUT2D eigenvalue weighted by atomic mass is 79.9. The fourth-order valence-corrected chi connectivity index (χ4v) is 6.24. The van der Waals surface area contributed by atoms with E-state index in [9.17, 15) is 24.6 Å². The Balaban J connectivity index is 1.33. The highest BCUT2D eigenvalue weighted by Crippen LogP contribution is 2.59. The summed E-state index contributed by atoms with van der Waals surface area (Å²) in [6.07, 6.45) is 4.52. The number of Topliss-reactive ketones (excluding diaryl/α,β-unsaturated/α-hetero) is 1. The summed E-state index contributed by atoms with van der Waals surface area (Å²) in [5.74, 6) is -0.499. The number of fused-ring (bicyclic) bond motifs is 2. The molecule has 4 aromatic heterocycles. The van der Waals surface area contributed by atoms with Crippen LogP contribution in [0.1, 0.15) is 47.3 Å². The van der Waals surface area contributed by atoms with Gasteiger partial charge in [-0.2, -0.15) is 5.10 Å². The van der Waals surface area contributed by atoms with Gasteiger partial charge in [0.25, 0.3) is 0 Å². The van der Waals surface area contributed by atoms with E-state index in [-0.39, 0.29) is 42.0 Å². The van der Waals surface area contributed by atoms with Gasteiger partial charge in [-0.05, 0) is 60.2 Å². The maximum Gasteiger partial charge on any atom is 0.248 e. The Hall–Kier alpha value is -4.14. The van der Waals surface area contributed by atoms with Crippen LogP contribution in [0, 0.1) is 19.3 Å². The van der Waals surface area contributed by atoms with Gasteiger partial charge in [-0.15, -0.1) is 0 Å². The number of hydrogen-bond donors (Lipinski definition) is 3. The van der Waals surface area contributed by atoms with E-state index in [4.69, 9.17) is 0 Å². The minimum atomic E-state index is -0.753. The van der Waals surface area contributed by atoms with E-state index in [1.807, 2.05) is 6.92 Å². The molecule has 2 amide bonds. The summed E-state index contributed by atoms with van der Waals surface area (Å²) < 4.78 is 1.92. The number of aryl methyl sites for hydroxylation is 2. The molecule has 1 saturated carbocycles. The summed E-state index contributed by atoms with van der Waals surface area (Å²) in [4.78, 5) is 59.2. The molecule has 0 spiro atoms. The molecule has 4 aromatic rings. The van der Waals surface area contributed by atoms with E-state index in [1.54, 1.807) is 49.3 Å². The number of pyridine rings is 2. The maximum atomic E-state index is 13.9. The third kappa shape index (κ3) is 5.19. The summed E-state index contributed by atoms with van der Waals surface area (Å²) in [6, 6.07) is 4.14. The third-order valence-electron chi connectivity index (χ3n) is 8.25. The molecule has 0 bridgehead atoms. The van der Waals surface area contributed by atoms with E-state index in [1.165, 1.54) is 4.68 Å². The number of halogens is 1. The second kappa shape index (κ2) is 10.8. The molecule has 1 aliphatic carbocycles. The lowest BCUT2D eigenvalue weighted by molar-refractivity contribution is -0.138. The summed E-state index contributed by atoms with van der Waals surface area (Å²) in [6.45, 7) is 4.28. The van der Waals surface area contributed by atoms with Gasteiger partial charge in [0, 0.05) is 34.9 Å². The molecule has 222 valence electrons. The van der Waals surface area contributed by atoms with Crippen molar-refractivity contribution in [1.82, 2.24) is 34.6 Å². The van der Waals surface area contributed by atoms with Gasteiger partial charge in [-0.1, -0.05) is 13.0 Å². The van der Waals surface area contributed by atoms with Crippen LogP contribution in [0.3, 0.4) is 0 Å². The van der Waals surface area contributed by atoms with Gasteiger partial charge in [0.1, 0.15) is 41.1 Å². The first-order valence-corrected chi connectivity index (χ1v) is 14.5. The number of nitrogens with zero attached hydrogens (tertiary/aromatic N) is 7. The summed E-state index contributed by atoms with van der Waals surface area (Å²) in [7, 11) is 0. The van der Waals surface area contributed by atoms with Crippen LogP contribution in [0.5, 0.6) is 0 Å². The number of carbonyl (C=O) groups excluding carboxylic acids is 3. The number of hydrogen-bond acceptors (Lipinski definition) is 10. The molecule has 3 atom stereocenters. The van der Waals surface area contributed by atoms with Gasteiger partial charge in [0.15, 0.2) is 0 Å². The van der Waals surface area contributed by atoms with Crippen molar-refractivity contribution in [2.75, 3.05) is 11.9 Å². The zero-order chi connectivity index (χ0) is 30.6. The molecule has 5 heterocycles. The van der Waals surface area contributed by atoms with Crippen LogP contribution < -0.4 is 5.32 Å². The molecule has 14 heteroatoms. The molecule has 0 radical (unpaired) electrons. The highest BCUT2D eigenvalue weighted by molar-refractivity contribution is 9.10. The zero-order valence-corrected chi connectivity index (χ0v) is 25.3. The Morgan fingerprint density at radius 1 is 1.12 bits per heavy atom. The highest BCUT2D eigenvalue weighted by Gasteiger charge is 2.64. The lowest BCUT2D eigenvalue weighted by Crippen LogP contribution is -2.47. The zero-order valence-electron chi connectivity index (χ0n) is 23.7. The van der Waals surface area contributed by atoms with Crippen LogP contribution in [-0.2, 0) is 22.7 Å². The van der Waals surface area contributed by atoms with Crippen molar-refractivity contribution in [1.29, 1.82) is 0 Å². The summed E-state index contributed by atoms with van der Waals surface area (Å²) in [5.41, 5.74) is 2.46. The van der Waals surface area contributed by atoms with Crippen molar-refractivity contribution in [2.24, 2.45) is 5.41 Å². The fraction of sp³-hybridized carbons (Fsp3) is 0.379. The quantitative estimate of drug-likeness (QED) is 0.190. The van der Waals surface area contributed by atoms with Crippen LogP contribution in [0.4, 0.5) is 5.82 Å². The standard InChI is InChI=1S/C29H29BrN8O5/c1-14-26-18(6-19(33-14)17-9-31-15(2)32-10-17)25(21(41)13-40)36-37(26)11-24(42)38-20(7-29(3)8-22(29)38)28(43)35-27-16(12-39)4-5-23(30)34-27/h4-6,9-10,20,22,39-40H,7-8,11-13H2,1-3H3,(H,34,35,43)/t20-,22+,29-/m0/s1. The Bertz CT molecular complexity index is 1790. The van der Waals surface area contributed by atoms with Gasteiger partial charge in [-0.25, -0.2) is 15.0 Å². The van der Waals surface area contributed by atoms with Crippen LogP contribution in [0.25, 0.3) is 22.2 Å². The molecule has 0 unspecified atom stereocenters. The first-order chi connectivity index (χ1) is 20.5. The first kappa shape index (κ1) is 29.0. The van der Waals surface area contributed by atoms with Crippen molar-refractivity contribution < 1.29 is 24.6 Å². The number of aromatic nitrogens is 6. The largest absolute Gasteiger partial charge is 0.392 e. The lowest BCUT2D eigenvalue weighted by Gasteiger charge is -2.27. The molecule has 6 rings (SSSR count). The second-order valence-corrected chi connectivity index (χ2v) is 12.1. The van der Waals surface area contributed by atoms with Gasteiger partial charge >= 0.3 is 0 Å². The van der Waals surface area contributed by atoms with Gasteiger partial charge < -0.3 is 20.4 Å². The number of aliphatic hydroxyl groups is 2. The Labute approximate surface area is 254 Å². The average Bonchev–Trinajstić information content (AvgIpc) is 3.34. The lowest BCUT2D eigenvalue weighted by atomic mass is 10.0. The number of amides is 2. The molecule has 13 nitrogen and oxygen atoms in total. The number of piperidine rings is 1. The van der Waals surface area contributed by atoms with E-state index in [0.717, 1.165) is 6.42 Å². The topological polar surface area (TPSA) is 176 Å². The second-order valence-electron chi connectivity index (χ2n) is 11.3. The predicted molar refractivity (Wildman–Crippen MR) is 158 cm³/mol.